The zero-order valence-electron chi connectivity index (χ0n) is 10.8. The first kappa shape index (κ1) is 14.7. The first-order valence-electron chi connectivity index (χ1n) is 6.49. The van der Waals surface area contributed by atoms with Crippen LogP contribution in [0.15, 0.2) is 12.2 Å². The molecule has 0 aliphatic heterocycles. The van der Waals surface area contributed by atoms with E-state index in [1.807, 2.05) is 0 Å². The maximum Gasteiger partial charge on any atom is 0.0543 e. The number of allylic oxidation sites excluding steroid dienone is 2. The third-order valence-electron chi connectivity index (χ3n) is 2.77. The number of unbranched alkanes of at least 4 members (excludes halogenated alkanes) is 5. The van der Waals surface area contributed by atoms with E-state index in [1.54, 1.807) is 7.11 Å². The molecule has 1 nitrogen and oxygen atoms in total. The van der Waals surface area contributed by atoms with Crippen molar-refractivity contribution in [2.75, 3.05) is 7.11 Å². The quantitative estimate of drug-likeness (QED) is 0.376. The number of methoxy groups -OCH3 is 1. The SMILES string of the molecule is CCCCC=CCCCCCC(C)OC. The lowest BCUT2D eigenvalue weighted by Crippen LogP contribution is -2.03. The lowest BCUT2D eigenvalue weighted by atomic mass is 10.1. The van der Waals surface area contributed by atoms with Crippen LogP contribution in [-0.4, -0.2) is 13.2 Å². The molecule has 15 heavy (non-hydrogen) atoms. The van der Waals surface area contributed by atoms with Crippen LogP contribution in [-0.2, 0) is 4.74 Å². The molecule has 1 atom stereocenters. The fourth-order valence-corrected chi connectivity index (χ4v) is 1.55. The van der Waals surface area contributed by atoms with Gasteiger partial charge in [0, 0.05) is 7.11 Å². The standard InChI is InChI=1S/C14H28O/c1-4-5-6-7-8-9-10-11-12-13-14(2)15-3/h7-8,14H,4-6,9-13H2,1-3H3. The zero-order valence-corrected chi connectivity index (χ0v) is 10.8. The Morgan fingerprint density at radius 3 is 2.27 bits per heavy atom. The first-order chi connectivity index (χ1) is 7.31. The molecule has 0 saturated heterocycles. The second kappa shape index (κ2) is 11.8. The van der Waals surface area contributed by atoms with Gasteiger partial charge in [0.15, 0.2) is 0 Å². The number of ether oxygens (including phenoxy) is 1. The minimum atomic E-state index is 0.435. The number of rotatable bonds is 10. The Kier molecular flexibility index (Phi) is 11.5. The summed E-state index contributed by atoms with van der Waals surface area (Å²) in [5.41, 5.74) is 0. The van der Waals surface area contributed by atoms with E-state index >= 15 is 0 Å². The highest BCUT2D eigenvalue weighted by Crippen LogP contribution is 2.08. The minimum Gasteiger partial charge on any atom is -0.382 e. The molecule has 0 rings (SSSR count). The Bertz CT molecular complexity index is 140. The molecule has 0 aliphatic rings. The summed E-state index contributed by atoms with van der Waals surface area (Å²) >= 11 is 0. The van der Waals surface area contributed by atoms with Gasteiger partial charge in [0.2, 0.25) is 0 Å². The Hall–Kier alpha value is -0.300. The van der Waals surface area contributed by atoms with E-state index in [0.29, 0.717) is 6.10 Å². The van der Waals surface area contributed by atoms with E-state index < -0.39 is 0 Å². The number of hydrogen-bond donors (Lipinski definition) is 0. The predicted molar refractivity (Wildman–Crippen MR) is 68.2 cm³/mol. The molecular formula is C14H28O. The largest absolute Gasteiger partial charge is 0.382 e. The highest BCUT2D eigenvalue weighted by atomic mass is 16.5. The molecule has 90 valence electrons. The van der Waals surface area contributed by atoms with Crippen LogP contribution in [0.25, 0.3) is 0 Å². The molecule has 0 aliphatic carbocycles. The second-order valence-corrected chi connectivity index (χ2v) is 4.30. The third-order valence-corrected chi connectivity index (χ3v) is 2.77. The smallest absolute Gasteiger partial charge is 0.0543 e. The van der Waals surface area contributed by atoms with Crippen molar-refractivity contribution in [3.8, 4) is 0 Å². The molecule has 0 fully saturated rings. The Morgan fingerprint density at radius 2 is 1.67 bits per heavy atom. The normalized spacial score (nSPS) is 13.5. The average molecular weight is 212 g/mol. The molecule has 0 radical (unpaired) electrons. The van der Waals surface area contributed by atoms with Crippen LogP contribution in [0.1, 0.15) is 65.2 Å². The summed E-state index contributed by atoms with van der Waals surface area (Å²) in [5, 5.41) is 0. The van der Waals surface area contributed by atoms with Crippen molar-refractivity contribution in [3.63, 3.8) is 0 Å². The van der Waals surface area contributed by atoms with Crippen molar-refractivity contribution in [3.05, 3.63) is 12.2 Å². The lowest BCUT2D eigenvalue weighted by molar-refractivity contribution is 0.108. The van der Waals surface area contributed by atoms with Gasteiger partial charge in [-0.15, -0.1) is 0 Å². The summed E-state index contributed by atoms with van der Waals surface area (Å²) in [7, 11) is 1.79. The van der Waals surface area contributed by atoms with Crippen molar-refractivity contribution in [2.45, 2.75) is 71.3 Å². The zero-order chi connectivity index (χ0) is 11.4. The Labute approximate surface area is 95.9 Å². The van der Waals surface area contributed by atoms with E-state index in [2.05, 4.69) is 26.0 Å². The highest BCUT2D eigenvalue weighted by molar-refractivity contribution is 4.81. The molecule has 0 aromatic carbocycles. The maximum atomic E-state index is 5.21. The Morgan fingerprint density at radius 1 is 1.00 bits per heavy atom. The molecule has 0 aromatic heterocycles. The fourth-order valence-electron chi connectivity index (χ4n) is 1.55. The molecule has 0 spiro atoms. The van der Waals surface area contributed by atoms with E-state index in [1.165, 1.54) is 51.4 Å². The van der Waals surface area contributed by atoms with Crippen LogP contribution < -0.4 is 0 Å². The summed E-state index contributed by atoms with van der Waals surface area (Å²) in [6.07, 6.45) is 15.4. The van der Waals surface area contributed by atoms with Gasteiger partial charge < -0.3 is 4.74 Å². The minimum absolute atomic E-state index is 0.435. The van der Waals surface area contributed by atoms with Crippen LogP contribution >= 0.6 is 0 Å². The van der Waals surface area contributed by atoms with Gasteiger partial charge in [0.1, 0.15) is 0 Å². The fraction of sp³-hybridized carbons (Fsp3) is 0.857. The summed E-state index contributed by atoms with van der Waals surface area (Å²) in [6, 6.07) is 0. The predicted octanol–water partition coefficient (Wildman–Crippen LogP) is 4.72. The summed E-state index contributed by atoms with van der Waals surface area (Å²) in [4.78, 5) is 0. The summed E-state index contributed by atoms with van der Waals surface area (Å²) in [6.45, 7) is 4.38. The molecule has 1 unspecified atom stereocenters. The van der Waals surface area contributed by atoms with Crippen LogP contribution in [0.3, 0.4) is 0 Å². The van der Waals surface area contributed by atoms with Gasteiger partial charge in [-0.1, -0.05) is 44.8 Å². The van der Waals surface area contributed by atoms with Gasteiger partial charge in [0.05, 0.1) is 6.10 Å². The van der Waals surface area contributed by atoms with Gasteiger partial charge in [-0.2, -0.15) is 0 Å². The second-order valence-electron chi connectivity index (χ2n) is 4.30. The maximum absolute atomic E-state index is 5.21. The molecule has 0 bridgehead atoms. The van der Waals surface area contributed by atoms with E-state index in [4.69, 9.17) is 4.74 Å². The van der Waals surface area contributed by atoms with Crippen molar-refractivity contribution in [1.29, 1.82) is 0 Å². The molecule has 0 aromatic rings. The van der Waals surface area contributed by atoms with E-state index in [0.717, 1.165) is 0 Å². The molecule has 0 amide bonds. The van der Waals surface area contributed by atoms with Crippen molar-refractivity contribution in [1.82, 2.24) is 0 Å². The molecule has 0 saturated carbocycles. The van der Waals surface area contributed by atoms with Gasteiger partial charge in [0.25, 0.3) is 0 Å². The van der Waals surface area contributed by atoms with Gasteiger partial charge >= 0.3 is 0 Å². The van der Waals surface area contributed by atoms with Crippen molar-refractivity contribution in [2.24, 2.45) is 0 Å². The van der Waals surface area contributed by atoms with Crippen molar-refractivity contribution >= 4 is 0 Å². The van der Waals surface area contributed by atoms with Crippen molar-refractivity contribution < 1.29 is 4.74 Å². The first-order valence-corrected chi connectivity index (χ1v) is 6.49. The Balaban J connectivity index is 3.07. The van der Waals surface area contributed by atoms with Crippen LogP contribution in [0.5, 0.6) is 0 Å². The average Bonchev–Trinajstić information content (AvgIpc) is 2.26. The van der Waals surface area contributed by atoms with Crippen LogP contribution in [0.4, 0.5) is 0 Å². The monoisotopic (exact) mass is 212 g/mol. The number of hydrogen-bond acceptors (Lipinski definition) is 1. The van der Waals surface area contributed by atoms with E-state index in [9.17, 15) is 0 Å². The highest BCUT2D eigenvalue weighted by Gasteiger charge is 1.97. The topological polar surface area (TPSA) is 9.23 Å². The molecule has 0 N–H and O–H groups in total. The van der Waals surface area contributed by atoms with E-state index in [-0.39, 0.29) is 0 Å². The molecule has 1 heteroatoms. The van der Waals surface area contributed by atoms with Gasteiger partial charge in [-0.3, -0.25) is 0 Å². The summed E-state index contributed by atoms with van der Waals surface area (Å²) < 4.78 is 5.21. The third kappa shape index (κ3) is 11.6. The van der Waals surface area contributed by atoms with Crippen LogP contribution in [0, 0.1) is 0 Å². The van der Waals surface area contributed by atoms with Gasteiger partial charge in [-0.05, 0) is 32.6 Å². The van der Waals surface area contributed by atoms with Crippen LogP contribution in [0.2, 0.25) is 0 Å². The molecule has 0 heterocycles. The summed E-state index contributed by atoms with van der Waals surface area (Å²) in [5.74, 6) is 0. The molecular weight excluding hydrogens is 184 g/mol. The lowest BCUT2D eigenvalue weighted by Gasteiger charge is -2.07. The van der Waals surface area contributed by atoms with Gasteiger partial charge in [-0.25, -0.2) is 0 Å².